The molecule has 16 heavy (non-hydrogen) atoms. The lowest BCUT2D eigenvalue weighted by atomic mass is 10.1. The van der Waals surface area contributed by atoms with Crippen LogP contribution in [0.1, 0.15) is 31.2 Å². The first-order valence-electron chi connectivity index (χ1n) is 5.93. The second kappa shape index (κ2) is 6.18. The molecular weight excluding hydrogens is 330 g/mol. The van der Waals surface area contributed by atoms with Crippen LogP contribution in [-0.2, 0) is 6.42 Å². The van der Waals surface area contributed by atoms with Crippen molar-refractivity contribution in [2.45, 2.75) is 38.1 Å². The summed E-state index contributed by atoms with van der Waals surface area (Å²) >= 11 is 7.03. The minimum atomic E-state index is 0.849. The number of rotatable bonds is 6. The van der Waals surface area contributed by atoms with Crippen LogP contribution in [0, 0.1) is 0 Å². The quantitative estimate of drug-likeness (QED) is 0.758. The van der Waals surface area contributed by atoms with E-state index in [0.717, 1.165) is 15.0 Å². The lowest BCUT2D eigenvalue weighted by molar-refractivity contribution is 0.620. The molecule has 2 rings (SSSR count). The van der Waals surface area contributed by atoms with Gasteiger partial charge in [-0.25, -0.2) is 0 Å². The molecule has 0 aliphatic heterocycles. The molecule has 1 saturated carbocycles. The Kier molecular flexibility index (Phi) is 4.86. The smallest absolute Gasteiger partial charge is 0.0320 e. The van der Waals surface area contributed by atoms with E-state index in [0.29, 0.717) is 0 Å². The fourth-order valence-corrected chi connectivity index (χ4v) is 2.42. The molecule has 0 bridgehead atoms. The fourth-order valence-electron chi connectivity index (χ4n) is 1.74. The van der Waals surface area contributed by atoms with E-state index in [1.54, 1.807) is 0 Å². The van der Waals surface area contributed by atoms with Crippen molar-refractivity contribution in [2.24, 2.45) is 0 Å². The van der Waals surface area contributed by atoms with Gasteiger partial charge in [0, 0.05) is 15.0 Å². The zero-order chi connectivity index (χ0) is 11.4. The zero-order valence-electron chi connectivity index (χ0n) is 9.31. The third-order valence-electron chi connectivity index (χ3n) is 2.89. The highest BCUT2D eigenvalue weighted by Gasteiger charge is 2.19. The van der Waals surface area contributed by atoms with Gasteiger partial charge in [0.05, 0.1) is 0 Å². The maximum absolute atomic E-state index is 3.55. The van der Waals surface area contributed by atoms with Crippen molar-refractivity contribution in [1.82, 2.24) is 5.32 Å². The van der Waals surface area contributed by atoms with Gasteiger partial charge < -0.3 is 5.32 Å². The van der Waals surface area contributed by atoms with Crippen molar-refractivity contribution in [2.75, 3.05) is 6.54 Å². The third-order valence-corrected chi connectivity index (χ3v) is 4.77. The molecule has 1 aliphatic carbocycles. The van der Waals surface area contributed by atoms with Crippen molar-refractivity contribution in [3.05, 3.63) is 32.7 Å². The van der Waals surface area contributed by atoms with E-state index < -0.39 is 0 Å². The summed E-state index contributed by atoms with van der Waals surface area (Å²) in [5.41, 5.74) is 1.42. The second-order valence-electron chi connectivity index (χ2n) is 4.43. The van der Waals surface area contributed by atoms with Crippen LogP contribution in [0.4, 0.5) is 0 Å². The van der Waals surface area contributed by atoms with Crippen LogP contribution < -0.4 is 5.32 Å². The van der Waals surface area contributed by atoms with Gasteiger partial charge in [0.25, 0.3) is 0 Å². The Bertz CT molecular complexity index is 348. The number of nitrogens with one attached hydrogen (secondary N) is 1. The van der Waals surface area contributed by atoms with Gasteiger partial charge in [-0.1, -0.05) is 6.07 Å². The molecule has 0 unspecified atom stereocenters. The Balaban J connectivity index is 1.65. The molecule has 0 radical (unpaired) electrons. The van der Waals surface area contributed by atoms with E-state index in [-0.39, 0.29) is 0 Å². The van der Waals surface area contributed by atoms with Gasteiger partial charge in [-0.05, 0) is 88.2 Å². The molecule has 1 aromatic rings. The van der Waals surface area contributed by atoms with Crippen LogP contribution in [-0.4, -0.2) is 12.6 Å². The Morgan fingerprint density at radius 3 is 2.62 bits per heavy atom. The number of unbranched alkanes of at least 4 members (excludes halogenated alkanes) is 1. The molecule has 0 atom stereocenters. The summed E-state index contributed by atoms with van der Waals surface area (Å²) in [5.74, 6) is 0. The van der Waals surface area contributed by atoms with E-state index in [1.807, 2.05) is 0 Å². The van der Waals surface area contributed by atoms with Crippen LogP contribution in [0.5, 0.6) is 0 Å². The van der Waals surface area contributed by atoms with E-state index in [4.69, 9.17) is 0 Å². The van der Waals surface area contributed by atoms with Crippen LogP contribution in [0.15, 0.2) is 27.1 Å². The summed E-state index contributed by atoms with van der Waals surface area (Å²) < 4.78 is 2.28. The Morgan fingerprint density at radius 2 is 1.94 bits per heavy atom. The molecule has 0 heterocycles. The number of hydrogen-bond donors (Lipinski definition) is 1. The number of halogens is 2. The van der Waals surface area contributed by atoms with E-state index in [1.165, 1.54) is 44.2 Å². The maximum atomic E-state index is 3.55. The Hall–Kier alpha value is 0.140. The monoisotopic (exact) mass is 345 g/mol. The van der Waals surface area contributed by atoms with Crippen LogP contribution in [0.3, 0.4) is 0 Å². The minimum Gasteiger partial charge on any atom is -0.314 e. The summed E-state index contributed by atoms with van der Waals surface area (Å²) in [5, 5.41) is 3.55. The van der Waals surface area contributed by atoms with Gasteiger partial charge in [0.1, 0.15) is 0 Å². The molecule has 1 aliphatic rings. The third kappa shape index (κ3) is 4.19. The van der Waals surface area contributed by atoms with Crippen molar-refractivity contribution < 1.29 is 0 Å². The highest BCUT2D eigenvalue weighted by atomic mass is 79.9. The SMILES string of the molecule is Brc1ccc(CCCCNC2CC2)cc1Br. The van der Waals surface area contributed by atoms with Crippen LogP contribution in [0.2, 0.25) is 0 Å². The van der Waals surface area contributed by atoms with Crippen LogP contribution >= 0.6 is 31.9 Å². The molecule has 0 saturated heterocycles. The largest absolute Gasteiger partial charge is 0.314 e. The first-order valence-corrected chi connectivity index (χ1v) is 7.51. The fraction of sp³-hybridized carbons (Fsp3) is 0.538. The molecule has 1 aromatic carbocycles. The lowest BCUT2D eigenvalue weighted by Gasteiger charge is -2.04. The second-order valence-corrected chi connectivity index (χ2v) is 6.14. The number of aryl methyl sites for hydroxylation is 1. The Morgan fingerprint density at radius 1 is 1.12 bits per heavy atom. The normalized spacial score (nSPS) is 15.4. The van der Waals surface area contributed by atoms with Gasteiger partial charge in [-0.3, -0.25) is 0 Å². The van der Waals surface area contributed by atoms with Crippen molar-refractivity contribution in [3.63, 3.8) is 0 Å². The van der Waals surface area contributed by atoms with Gasteiger partial charge in [0.2, 0.25) is 0 Å². The molecule has 3 heteroatoms. The van der Waals surface area contributed by atoms with Gasteiger partial charge in [-0.15, -0.1) is 0 Å². The molecule has 0 amide bonds. The molecule has 0 aromatic heterocycles. The predicted octanol–water partition coefficient (Wildman–Crippen LogP) is 4.29. The lowest BCUT2D eigenvalue weighted by Crippen LogP contribution is -2.17. The predicted molar refractivity (Wildman–Crippen MR) is 75.8 cm³/mol. The van der Waals surface area contributed by atoms with Crippen LogP contribution in [0.25, 0.3) is 0 Å². The van der Waals surface area contributed by atoms with E-state index in [9.17, 15) is 0 Å². The number of hydrogen-bond acceptors (Lipinski definition) is 1. The molecule has 88 valence electrons. The minimum absolute atomic E-state index is 0.849. The summed E-state index contributed by atoms with van der Waals surface area (Å²) in [6.07, 6.45) is 6.51. The Labute approximate surface area is 114 Å². The average Bonchev–Trinajstić information content (AvgIpc) is 3.07. The molecule has 1 nitrogen and oxygen atoms in total. The van der Waals surface area contributed by atoms with Gasteiger partial charge in [-0.2, -0.15) is 0 Å². The molecule has 1 N–H and O–H groups in total. The van der Waals surface area contributed by atoms with Gasteiger partial charge in [0.15, 0.2) is 0 Å². The van der Waals surface area contributed by atoms with Crippen molar-refractivity contribution >= 4 is 31.9 Å². The molecule has 1 fully saturated rings. The highest BCUT2D eigenvalue weighted by molar-refractivity contribution is 9.13. The average molecular weight is 347 g/mol. The topological polar surface area (TPSA) is 12.0 Å². The maximum Gasteiger partial charge on any atom is 0.0320 e. The summed E-state index contributed by atoms with van der Waals surface area (Å²) in [4.78, 5) is 0. The number of benzene rings is 1. The summed E-state index contributed by atoms with van der Waals surface area (Å²) in [6, 6.07) is 7.37. The zero-order valence-corrected chi connectivity index (χ0v) is 12.5. The van der Waals surface area contributed by atoms with E-state index in [2.05, 4.69) is 55.4 Å². The standard InChI is InChI=1S/C13H17Br2N/c14-12-7-4-10(9-13(12)15)3-1-2-8-16-11-5-6-11/h4,7,9,11,16H,1-3,5-6,8H2. The summed E-state index contributed by atoms with van der Waals surface area (Å²) in [6.45, 7) is 1.18. The molecular formula is C13H17Br2N. The van der Waals surface area contributed by atoms with E-state index >= 15 is 0 Å². The highest BCUT2D eigenvalue weighted by Crippen LogP contribution is 2.24. The first-order chi connectivity index (χ1) is 7.75. The first kappa shape index (κ1) is 12.6. The summed E-state index contributed by atoms with van der Waals surface area (Å²) in [7, 11) is 0. The van der Waals surface area contributed by atoms with Crippen molar-refractivity contribution in [3.8, 4) is 0 Å². The van der Waals surface area contributed by atoms with Gasteiger partial charge >= 0.3 is 0 Å². The van der Waals surface area contributed by atoms with Crippen molar-refractivity contribution in [1.29, 1.82) is 0 Å². The molecule has 0 spiro atoms.